The molecule has 2 N–H and O–H groups in total. The summed E-state index contributed by atoms with van der Waals surface area (Å²) in [6, 6.07) is 0.695. The number of nitrogens with one attached hydrogen (secondary N) is 1. The predicted octanol–water partition coefficient (Wildman–Crippen LogP) is 1.08. The van der Waals surface area contributed by atoms with Gasteiger partial charge in [0.1, 0.15) is 0 Å². The van der Waals surface area contributed by atoms with E-state index >= 15 is 0 Å². The fourth-order valence-corrected chi connectivity index (χ4v) is 2.99. The molecule has 0 saturated carbocycles. The van der Waals surface area contributed by atoms with E-state index in [4.69, 9.17) is 5.11 Å². The van der Waals surface area contributed by atoms with Crippen LogP contribution in [-0.2, 0) is 0 Å². The van der Waals surface area contributed by atoms with Crippen molar-refractivity contribution in [3.05, 3.63) is 0 Å². The number of piperidine rings is 3. The highest BCUT2D eigenvalue weighted by Gasteiger charge is 2.34. The highest BCUT2D eigenvalue weighted by molar-refractivity contribution is 4.91. The Morgan fingerprint density at radius 2 is 2.00 bits per heavy atom. The molecular formula is C13H26N2O. The van der Waals surface area contributed by atoms with E-state index in [1.807, 2.05) is 0 Å². The molecule has 3 saturated heterocycles. The van der Waals surface area contributed by atoms with Gasteiger partial charge in [-0.05, 0) is 43.7 Å². The molecule has 0 aromatic rings. The molecule has 3 nitrogen and oxygen atoms in total. The Balaban J connectivity index is 1.78. The van der Waals surface area contributed by atoms with Gasteiger partial charge in [0, 0.05) is 25.7 Å². The van der Waals surface area contributed by atoms with Crippen LogP contribution in [0, 0.1) is 11.3 Å². The molecule has 94 valence electrons. The van der Waals surface area contributed by atoms with Crippen LogP contribution in [0.2, 0.25) is 0 Å². The van der Waals surface area contributed by atoms with Crippen molar-refractivity contribution >= 4 is 0 Å². The number of nitrogens with zero attached hydrogens (tertiary/aromatic N) is 1. The van der Waals surface area contributed by atoms with Crippen LogP contribution in [0.1, 0.15) is 33.1 Å². The van der Waals surface area contributed by atoms with Crippen molar-refractivity contribution in [2.24, 2.45) is 11.3 Å². The van der Waals surface area contributed by atoms with E-state index in [1.165, 1.54) is 32.5 Å². The van der Waals surface area contributed by atoms with Crippen molar-refractivity contribution < 1.29 is 5.11 Å². The van der Waals surface area contributed by atoms with Gasteiger partial charge in [-0.3, -0.25) is 0 Å². The van der Waals surface area contributed by atoms with Gasteiger partial charge in [0.2, 0.25) is 0 Å². The molecule has 0 spiro atoms. The lowest BCUT2D eigenvalue weighted by Crippen LogP contribution is -2.57. The van der Waals surface area contributed by atoms with Gasteiger partial charge in [-0.2, -0.15) is 0 Å². The normalized spacial score (nSPS) is 34.3. The topological polar surface area (TPSA) is 35.5 Å². The molecule has 0 amide bonds. The summed E-state index contributed by atoms with van der Waals surface area (Å²) in [6.07, 6.45) is 3.64. The summed E-state index contributed by atoms with van der Waals surface area (Å²) in [5.41, 5.74) is 0.223. The van der Waals surface area contributed by atoms with E-state index in [0.29, 0.717) is 12.6 Å². The van der Waals surface area contributed by atoms with E-state index in [-0.39, 0.29) is 5.41 Å². The van der Waals surface area contributed by atoms with Gasteiger partial charge in [0.25, 0.3) is 0 Å². The molecule has 2 bridgehead atoms. The summed E-state index contributed by atoms with van der Waals surface area (Å²) in [6.45, 7) is 9.65. The van der Waals surface area contributed by atoms with Gasteiger partial charge >= 0.3 is 0 Å². The van der Waals surface area contributed by atoms with Crippen LogP contribution in [-0.4, -0.2) is 48.8 Å². The first-order valence-electron chi connectivity index (χ1n) is 6.67. The summed E-state index contributed by atoms with van der Waals surface area (Å²) >= 11 is 0. The van der Waals surface area contributed by atoms with E-state index in [1.54, 1.807) is 0 Å². The third kappa shape index (κ3) is 2.96. The molecule has 0 aliphatic carbocycles. The Labute approximate surface area is 99.2 Å². The van der Waals surface area contributed by atoms with E-state index in [0.717, 1.165) is 18.9 Å². The van der Waals surface area contributed by atoms with Crippen molar-refractivity contribution in [3.8, 4) is 0 Å². The molecule has 1 unspecified atom stereocenters. The Kier molecular flexibility index (Phi) is 3.88. The maximum atomic E-state index is 9.01. The van der Waals surface area contributed by atoms with E-state index in [9.17, 15) is 0 Å². The van der Waals surface area contributed by atoms with Crippen LogP contribution in [0.25, 0.3) is 0 Å². The van der Waals surface area contributed by atoms with Crippen LogP contribution in [0.3, 0.4) is 0 Å². The molecule has 3 fully saturated rings. The first-order valence-corrected chi connectivity index (χ1v) is 6.67. The Bertz CT molecular complexity index is 222. The standard InChI is InChI=1S/C13H26N2O/c1-13(2,5-8-16)10-14-12-9-15-6-3-11(12)4-7-15/h11-12,14,16H,3-10H2,1-2H3. The Hall–Kier alpha value is -0.120. The summed E-state index contributed by atoms with van der Waals surface area (Å²) in [4.78, 5) is 2.58. The predicted molar refractivity (Wildman–Crippen MR) is 66.4 cm³/mol. The van der Waals surface area contributed by atoms with E-state index in [2.05, 4.69) is 24.1 Å². The molecule has 3 rings (SSSR count). The molecule has 0 aromatic heterocycles. The van der Waals surface area contributed by atoms with Crippen molar-refractivity contribution in [2.45, 2.75) is 39.2 Å². The van der Waals surface area contributed by atoms with Gasteiger partial charge in [0.05, 0.1) is 0 Å². The summed E-state index contributed by atoms with van der Waals surface area (Å²) in [5, 5.41) is 12.7. The highest BCUT2D eigenvalue weighted by atomic mass is 16.3. The van der Waals surface area contributed by atoms with Crippen molar-refractivity contribution in [1.29, 1.82) is 0 Å². The smallest absolute Gasteiger partial charge is 0.0436 e. The van der Waals surface area contributed by atoms with Crippen molar-refractivity contribution in [2.75, 3.05) is 32.8 Å². The molecular weight excluding hydrogens is 200 g/mol. The quantitative estimate of drug-likeness (QED) is 0.736. The number of aliphatic hydroxyl groups excluding tert-OH is 1. The number of hydrogen-bond donors (Lipinski definition) is 2. The zero-order valence-electron chi connectivity index (χ0n) is 10.7. The molecule has 3 aliphatic rings. The molecule has 16 heavy (non-hydrogen) atoms. The maximum absolute atomic E-state index is 9.01. The summed E-state index contributed by atoms with van der Waals surface area (Å²) in [5.74, 6) is 0.898. The molecule has 1 atom stereocenters. The fraction of sp³-hybridized carbons (Fsp3) is 1.00. The van der Waals surface area contributed by atoms with Gasteiger partial charge in [-0.25, -0.2) is 0 Å². The van der Waals surface area contributed by atoms with Crippen LogP contribution in [0.5, 0.6) is 0 Å². The zero-order valence-corrected chi connectivity index (χ0v) is 10.7. The lowest BCUT2D eigenvalue weighted by atomic mass is 9.82. The first-order chi connectivity index (χ1) is 7.61. The van der Waals surface area contributed by atoms with Gasteiger partial charge in [-0.15, -0.1) is 0 Å². The molecule has 0 aromatic carbocycles. The van der Waals surface area contributed by atoms with Gasteiger partial charge in [-0.1, -0.05) is 13.8 Å². The lowest BCUT2D eigenvalue weighted by molar-refractivity contribution is 0.0658. The average Bonchev–Trinajstić information content (AvgIpc) is 2.28. The highest BCUT2D eigenvalue weighted by Crippen LogP contribution is 2.28. The third-order valence-corrected chi connectivity index (χ3v) is 4.29. The van der Waals surface area contributed by atoms with Crippen LogP contribution in [0.4, 0.5) is 0 Å². The zero-order chi connectivity index (χ0) is 11.6. The number of rotatable bonds is 5. The monoisotopic (exact) mass is 226 g/mol. The molecule has 3 aliphatic heterocycles. The minimum Gasteiger partial charge on any atom is -0.396 e. The average molecular weight is 226 g/mol. The second kappa shape index (κ2) is 5.03. The Morgan fingerprint density at radius 1 is 1.31 bits per heavy atom. The van der Waals surface area contributed by atoms with Crippen molar-refractivity contribution in [3.63, 3.8) is 0 Å². The van der Waals surface area contributed by atoms with Crippen LogP contribution in [0.15, 0.2) is 0 Å². The number of aliphatic hydroxyl groups is 1. The summed E-state index contributed by atoms with van der Waals surface area (Å²) in [7, 11) is 0. The van der Waals surface area contributed by atoms with Crippen LogP contribution < -0.4 is 5.32 Å². The fourth-order valence-electron chi connectivity index (χ4n) is 2.99. The maximum Gasteiger partial charge on any atom is 0.0436 e. The van der Waals surface area contributed by atoms with Crippen LogP contribution >= 0.6 is 0 Å². The van der Waals surface area contributed by atoms with Gasteiger partial charge < -0.3 is 15.3 Å². The molecule has 3 heterocycles. The molecule has 0 radical (unpaired) electrons. The largest absolute Gasteiger partial charge is 0.396 e. The Morgan fingerprint density at radius 3 is 2.50 bits per heavy atom. The number of hydrogen-bond acceptors (Lipinski definition) is 3. The minimum absolute atomic E-state index is 0.223. The SMILES string of the molecule is CC(C)(CCO)CNC1CN2CCC1CC2. The van der Waals surface area contributed by atoms with Crippen molar-refractivity contribution in [1.82, 2.24) is 10.2 Å². The second-order valence-electron chi connectivity index (χ2n) is 6.26. The lowest BCUT2D eigenvalue weighted by Gasteiger charge is -2.46. The first kappa shape index (κ1) is 12.3. The summed E-state index contributed by atoms with van der Waals surface area (Å²) < 4.78 is 0. The molecule has 3 heteroatoms. The third-order valence-electron chi connectivity index (χ3n) is 4.29. The van der Waals surface area contributed by atoms with E-state index < -0.39 is 0 Å². The minimum atomic E-state index is 0.223. The number of fused-ring (bicyclic) bond motifs is 3. The van der Waals surface area contributed by atoms with Gasteiger partial charge in [0.15, 0.2) is 0 Å². The second-order valence-corrected chi connectivity index (χ2v) is 6.26.